The third kappa shape index (κ3) is 6.07. The summed E-state index contributed by atoms with van der Waals surface area (Å²) in [5.74, 6) is -0.965. The summed E-state index contributed by atoms with van der Waals surface area (Å²) in [6.45, 7) is 9.22. The fourth-order valence-corrected chi connectivity index (χ4v) is 3.25. The smallest absolute Gasteiger partial charge is 0.380 e. The molecule has 0 aliphatic carbocycles. The maximum Gasteiger partial charge on any atom is 0.417 e. The van der Waals surface area contributed by atoms with E-state index in [1.807, 2.05) is 32.6 Å². The number of halogens is 3. The fourth-order valence-electron chi connectivity index (χ4n) is 3.25. The number of carbonyl (C=O) groups excluding carboxylic acids is 1. The fraction of sp³-hybridized carbons (Fsp3) is 0.435. The molecule has 0 amide bonds. The molecule has 3 nitrogen and oxygen atoms in total. The highest BCUT2D eigenvalue weighted by molar-refractivity contribution is 6.01. The van der Waals surface area contributed by atoms with E-state index in [0.717, 1.165) is 12.5 Å². The van der Waals surface area contributed by atoms with Crippen molar-refractivity contribution in [3.63, 3.8) is 0 Å². The van der Waals surface area contributed by atoms with Crippen molar-refractivity contribution >= 4 is 11.5 Å². The van der Waals surface area contributed by atoms with E-state index in [1.165, 1.54) is 24.3 Å². The minimum absolute atomic E-state index is 0.106. The van der Waals surface area contributed by atoms with Gasteiger partial charge in [0.25, 0.3) is 0 Å². The van der Waals surface area contributed by atoms with Gasteiger partial charge >= 0.3 is 6.18 Å². The molecule has 2 aromatic rings. The zero-order valence-corrected chi connectivity index (χ0v) is 17.3. The van der Waals surface area contributed by atoms with Gasteiger partial charge in [-0.05, 0) is 35.6 Å². The minimum atomic E-state index is -4.71. The largest absolute Gasteiger partial charge is 0.417 e. The Hall–Kier alpha value is -2.34. The number of aliphatic hydroxyl groups is 1. The number of aliphatic hydroxyl groups excluding tert-OH is 1. The van der Waals surface area contributed by atoms with Crippen LogP contribution in [-0.2, 0) is 6.18 Å². The van der Waals surface area contributed by atoms with Crippen LogP contribution in [0.4, 0.5) is 18.9 Å². The molecule has 0 heterocycles. The lowest BCUT2D eigenvalue weighted by Gasteiger charge is -2.32. The lowest BCUT2D eigenvalue weighted by atomic mass is 9.93. The molecule has 0 spiro atoms. The summed E-state index contributed by atoms with van der Waals surface area (Å²) < 4.78 is 41.4. The topological polar surface area (TPSA) is 40.5 Å². The number of anilines is 1. The summed E-state index contributed by atoms with van der Waals surface area (Å²) >= 11 is 0. The second-order valence-corrected chi connectivity index (χ2v) is 8.39. The average Bonchev–Trinajstić information content (AvgIpc) is 2.65. The Morgan fingerprint density at radius 3 is 2.21 bits per heavy atom. The molecule has 0 saturated heterocycles. The van der Waals surface area contributed by atoms with Gasteiger partial charge in [-0.2, -0.15) is 13.2 Å². The van der Waals surface area contributed by atoms with Crippen LogP contribution < -0.4 is 4.90 Å². The lowest BCUT2D eigenvalue weighted by molar-refractivity contribution is -0.137. The molecular formula is C23H28F3NO2. The van der Waals surface area contributed by atoms with Crippen LogP contribution in [-0.4, -0.2) is 24.0 Å². The van der Waals surface area contributed by atoms with E-state index in [0.29, 0.717) is 18.8 Å². The molecule has 1 atom stereocenters. The molecule has 29 heavy (non-hydrogen) atoms. The van der Waals surface area contributed by atoms with E-state index in [-0.39, 0.29) is 11.0 Å². The van der Waals surface area contributed by atoms with Gasteiger partial charge in [0, 0.05) is 24.3 Å². The molecule has 1 unspecified atom stereocenters. The molecule has 0 radical (unpaired) electrons. The maximum atomic E-state index is 13.8. The molecule has 2 rings (SSSR count). The van der Waals surface area contributed by atoms with Crippen LogP contribution in [0.2, 0.25) is 0 Å². The zero-order valence-electron chi connectivity index (χ0n) is 17.3. The Balaban J connectivity index is 2.48. The first-order valence-corrected chi connectivity index (χ1v) is 9.67. The number of hydrogen-bond donors (Lipinski definition) is 1. The third-order valence-corrected chi connectivity index (χ3v) is 4.46. The van der Waals surface area contributed by atoms with Crippen LogP contribution in [0.15, 0.2) is 48.5 Å². The quantitative estimate of drug-likeness (QED) is 0.582. The number of nitrogens with zero attached hydrogens (tertiary/aromatic N) is 1. The molecule has 6 heteroatoms. The lowest BCUT2D eigenvalue weighted by Crippen LogP contribution is -2.33. The summed E-state index contributed by atoms with van der Waals surface area (Å²) in [6, 6.07) is 11.7. The van der Waals surface area contributed by atoms with Crippen LogP contribution in [0.25, 0.3) is 0 Å². The van der Waals surface area contributed by atoms with E-state index < -0.39 is 29.2 Å². The first-order valence-electron chi connectivity index (χ1n) is 9.67. The number of alkyl halides is 3. The zero-order chi connectivity index (χ0) is 21.8. The molecule has 0 aliphatic heterocycles. The molecule has 0 saturated carbocycles. The summed E-state index contributed by atoms with van der Waals surface area (Å²) in [5, 5.41) is 10.3. The number of hydrogen-bond acceptors (Lipinski definition) is 3. The van der Waals surface area contributed by atoms with Gasteiger partial charge in [0.2, 0.25) is 0 Å². The van der Waals surface area contributed by atoms with Gasteiger partial charge < -0.3 is 10.0 Å². The Labute approximate surface area is 170 Å². The first-order chi connectivity index (χ1) is 13.4. The van der Waals surface area contributed by atoms with Crippen LogP contribution in [0, 0.1) is 5.41 Å². The molecule has 0 fully saturated rings. The molecular weight excluding hydrogens is 379 g/mol. The van der Waals surface area contributed by atoms with Crippen molar-refractivity contribution in [1.29, 1.82) is 0 Å². The molecule has 0 aliphatic rings. The summed E-state index contributed by atoms with van der Waals surface area (Å²) in [6.07, 6.45) is -5.58. The first kappa shape index (κ1) is 22.9. The SMILES string of the molecule is CCCN(CC(C)(C)C)c1ccc(C(=O)C(O)c2ccccc2)c(C(F)(F)F)c1. The second-order valence-electron chi connectivity index (χ2n) is 8.39. The highest BCUT2D eigenvalue weighted by atomic mass is 19.4. The number of ketones is 1. The van der Waals surface area contributed by atoms with E-state index in [4.69, 9.17) is 0 Å². The average molecular weight is 407 g/mol. The Bertz CT molecular complexity index is 826. The molecule has 158 valence electrons. The van der Waals surface area contributed by atoms with Gasteiger partial charge in [0.15, 0.2) is 5.78 Å². The van der Waals surface area contributed by atoms with Gasteiger partial charge in [-0.1, -0.05) is 58.0 Å². The number of rotatable bonds is 7. The van der Waals surface area contributed by atoms with Gasteiger partial charge in [-0.25, -0.2) is 0 Å². The predicted octanol–water partition coefficient (Wildman–Crippen LogP) is 5.88. The third-order valence-electron chi connectivity index (χ3n) is 4.46. The number of benzene rings is 2. The highest BCUT2D eigenvalue weighted by Gasteiger charge is 2.37. The van der Waals surface area contributed by atoms with Gasteiger partial charge in [-0.3, -0.25) is 4.79 Å². The standard InChI is InChI=1S/C23H28F3NO2/c1-5-13-27(15-22(2,3)4)17-11-12-18(19(14-17)23(24,25)26)21(29)20(28)16-9-7-6-8-10-16/h6-12,14,20,28H,5,13,15H2,1-4H3. The molecule has 0 aromatic heterocycles. The monoisotopic (exact) mass is 407 g/mol. The van der Waals surface area contributed by atoms with Crippen molar-refractivity contribution in [2.24, 2.45) is 5.41 Å². The van der Waals surface area contributed by atoms with Crippen LogP contribution in [0.3, 0.4) is 0 Å². The van der Waals surface area contributed by atoms with E-state index in [2.05, 4.69) is 0 Å². The van der Waals surface area contributed by atoms with Crippen molar-refractivity contribution in [1.82, 2.24) is 0 Å². The molecule has 2 aromatic carbocycles. The van der Waals surface area contributed by atoms with Crippen molar-refractivity contribution in [2.75, 3.05) is 18.0 Å². The van der Waals surface area contributed by atoms with Gasteiger partial charge in [0.05, 0.1) is 5.56 Å². The van der Waals surface area contributed by atoms with Crippen molar-refractivity contribution in [3.8, 4) is 0 Å². The van der Waals surface area contributed by atoms with Crippen LogP contribution in [0.5, 0.6) is 0 Å². The van der Waals surface area contributed by atoms with Crippen LogP contribution >= 0.6 is 0 Å². The number of carbonyl (C=O) groups is 1. The minimum Gasteiger partial charge on any atom is -0.380 e. The van der Waals surface area contributed by atoms with E-state index >= 15 is 0 Å². The molecule has 1 N–H and O–H groups in total. The Morgan fingerprint density at radius 1 is 1.07 bits per heavy atom. The Morgan fingerprint density at radius 2 is 1.69 bits per heavy atom. The highest BCUT2D eigenvalue weighted by Crippen LogP contribution is 2.37. The number of Topliss-reactive ketones (excluding diaryl/α,β-unsaturated/α-hetero) is 1. The van der Waals surface area contributed by atoms with Crippen molar-refractivity contribution in [2.45, 2.75) is 46.4 Å². The summed E-state index contributed by atoms with van der Waals surface area (Å²) in [4.78, 5) is 14.6. The molecule has 0 bridgehead atoms. The Kier molecular flexibility index (Phi) is 7.11. The summed E-state index contributed by atoms with van der Waals surface area (Å²) in [7, 11) is 0. The van der Waals surface area contributed by atoms with Crippen molar-refractivity contribution in [3.05, 3.63) is 65.2 Å². The predicted molar refractivity (Wildman–Crippen MR) is 109 cm³/mol. The maximum absolute atomic E-state index is 13.8. The van der Waals surface area contributed by atoms with Crippen LogP contribution in [0.1, 0.15) is 61.7 Å². The van der Waals surface area contributed by atoms with E-state index in [9.17, 15) is 23.1 Å². The summed E-state index contributed by atoms with van der Waals surface area (Å²) in [5.41, 5.74) is -0.976. The second kappa shape index (κ2) is 8.99. The van der Waals surface area contributed by atoms with E-state index in [1.54, 1.807) is 18.2 Å². The van der Waals surface area contributed by atoms with Gasteiger partial charge in [-0.15, -0.1) is 0 Å². The van der Waals surface area contributed by atoms with Crippen molar-refractivity contribution < 1.29 is 23.1 Å². The normalized spacial score (nSPS) is 13.2. The van der Waals surface area contributed by atoms with Gasteiger partial charge in [0.1, 0.15) is 6.10 Å².